The fourth-order valence-corrected chi connectivity index (χ4v) is 2.11. The van der Waals surface area contributed by atoms with Crippen LogP contribution in [0.15, 0.2) is 36.0 Å². The van der Waals surface area contributed by atoms with Gasteiger partial charge in [-0.2, -0.15) is 0 Å². The second-order valence-electron chi connectivity index (χ2n) is 5.03. The van der Waals surface area contributed by atoms with Gasteiger partial charge in [0.15, 0.2) is 0 Å². The molecular weight excluding hydrogens is 180 g/mol. The molecule has 2 atom stereocenters. The highest BCUT2D eigenvalue weighted by Gasteiger charge is 2.14. The Bertz CT molecular complexity index is 268. The Balaban J connectivity index is 2.26. The first-order chi connectivity index (χ1) is 7.09. The summed E-state index contributed by atoms with van der Waals surface area (Å²) in [7, 11) is 0. The van der Waals surface area contributed by atoms with Crippen molar-refractivity contribution in [2.45, 2.75) is 46.5 Å². The van der Waals surface area contributed by atoms with Crippen LogP contribution in [0.1, 0.15) is 46.5 Å². The van der Waals surface area contributed by atoms with Gasteiger partial charge in [-0.15, -0.1) is 6.58 Å². The van der Waals surface area contributed by atoms with Crippen molar-refractivity contribution in [3.63, 3.8) is 0 Å². The number of hydrogen-bond donors (Lipinski definition) is 0. The van der Waals surface area contributed by atoms with Crippen molar-refractivity contribution in [3.05, 3.63) is 36.0 Å². The van der Waals surface area contributed by atoms with E-state index in [0.717, 1.165) is 11.8 Å². The summed E-state index contributed by atoms with van der Waals surface area (Å²) in [5, 5.41) is 0. The van der Waals surface area contributed by atoms with Crippen LogP contribution in [-0.4, -0.2) is 0 Å². The first-order valence-electron chi connectivity index (χ1n) is 6.09. The maximum absolute atomic E-state index is 3.95. The van der Waals surface area contributed by atoms with Crippen LogP contribution in [0, 0.1) is 11.8 Å². The summed E-state index contributed by atoms with van der Waals surface area (Å²) in [6.45, 7) is 10.6. The average molecular weight is 204 g/mol. The van der Waals surface area contributed by atoms with Gasteiger partial charge in [-0.3, -0.25) is 0 Å². The Labute approximate surface area is 94.8 Å². The van der Waals surface area contributed by atoms with Gasteiger partial charge in [0.1, 0.15) is 0 Å². The lowest BCUT2D eigenvalue weighted by Crippen LogP contribution is -2.10. The SMILES string of the molecule is C=C(C)CCCC(C)C1C=CC(C)=CC1. The zero-order valence-electron chi connectivity index (χ0n) is 10.4. The second-order valence-corrected chi connectivity index (χ2v) is 5.03. The second kappa shape index (κ2) is 5.95. The molecule has 2 unspecified atom stereocenters. The molecule has 84 valence electrons. The van der Waals surface area contributed by atoms with Crippen LogP contribution in [0.25, 0.3) is 0 Å². The Morgan fingerprint density at radius 3 is 2.87 bits per heavy atom. The van der Waals surface area contributed by atoms with Gasteiger partial charge in [-0.25, -0.2) is 0 Å². The normalized spacial score (nSPS) is 22.3. The van der Waals surface area contributed by atoms with Crippen molar-refractivity contribution in [2.24, 2.45) is 11.8 Å². The molecule has 0 radical (unpaired) electrons. The smallest absolute Gasteiger partial charge is 0.0170 e. The van der Waals surface area contributed by atoms with Crippen LogP contribution in [0.2, 0.25) is 0 Å². The highest BCUT2D eigenvalue weighted by atomic mass is 14.2. The standard InChI is InChI=1S/C15H24/c1-12(2)6-5-7-14(4)15-10-8-13(3)9-11-15/h8-10,14-15H,1,5-7,11H2,2-4H3. The van der Waals surface area contributed by atoms with Gasteiger partial charge in [-0.1, -0.05) is 36.3 Å². The van der Waals surface area contributed by atoms with Gasteiger partial charge < -0.3 is 0 Å². The maximum atomic E-state index is 3.95. The highest BCUT2D eigenvalue weighted by molar-refractivity contribution is 5.21. The number of rotatable bonds is 5. The summed E-state index contributed by atoms with van der Waals surface area (Å²) in [5.74, 6) is 1.57. The zero-order chi connectivity index (χ0) is 11.3. The molecule has 0 N–H and O–H groups in total. The first-order valence-corrected chi connectivity index (χ1v) is 6.09. The summed E-state index contributed by atoms with van der Waals surface area (Å²) >= 11 is 0. The van der Waals surface area contributed by atoms with Crippen LogP contribution in [0.5, 0.6) is 0 Å². The minimum absolute atomic E-state index is 0.763. The number of allylic oxidation sites excluding steroid dienone is 5. The Morgan fingerprint density at radius 2 is 2.33 bits per heavy atom. The molecule has 0 aromatic rings. The summed E-state index contributed by atoms with van der Waals surface area (Å²) in [4.78, 5) is 0. The molecule has 15 heavy (non-hydrogen) atoms. The van der Waals surface area contributed by atoms with E-state index in [1.54, 1.807) is 0 Å². The first kappa shape index (κ1) is 12.3. The molecule has 0 amide bonds. The summed E-state index contributed by atoms with van der Waals surface area (Å²) in [6.07, 6.45) is 12.1. The topological polar surface area (TPSA) is 0 Å². The van der Waals surface area contributed by atoms with E-state index in [1.807, 2.05) is 0 Å². The van der Waals surface area contributed by atoms with E-state index < -0.39 is 0 Å². The van der Waals surface area contributed by atoms with E-state index in [0.29, 0.717) is 0 Å². The van der Waals surface area contributed by atoms with Gasteiger partial charge >= 0.3 is 0 Å². The fourth-order valence-electron chi connectivity index (χ4n) is 2.11. The van der Waals surface area contributed by atoms with Crippen LogP contribution in [0.3, 0.4) is 0 Å². The minimum atomic E-state index is 0.763. The lowest BCUT2D eigenvalue weighted by atomic mass is 9.83. The molecule has 0 heterocycles. The van der Waals surface area contributed by atoms with Gasteiger partial charge in [0.05, 0.1) is 0 Å². The third-order valence-corrected chi connectivity index (χ3v) is 3.31. The third kappa shape index (κ3) is 4.51. The van der Waals surface area contributed by atoms with Crippen molar-refractivity contribution in [1.29, 1.82) is 0 Å². The molecule has 1 aliphatic carbocycles. The quantitative estimate of drug-likeness (QED) is 0.559. The van der Waals surface area contributed by atoms with Crippen molar-refractivity contribution in [1.82, 2.24) is 0 Å². The van der Waals surface area contributed by atoms with Crippen molar-refractivity contribution in [2.75, 3.05) is 0 Å². The van der Waals surface area contributed by atoms with Crippen LogP contribution in [-0.2, 0) is 0 Å². The van der Waals surface area contributed by atoms with E-state index in [-0.39, 0.29) is 0 Å². The lowest BCUT2D eigenvalue weighted by Gasteiger charge is -2.22. The minimum Gasteiger partial charge on any atom is -0.100 e. The van der Waals surface area contributed by atoms with E-state index in [9.17, 15) is 0 Å². The summed E-state index contributed by atoms with van der Waals surface area (Å²) < 4.78 is 0. The molecule has 0 aliphatic heterocycles. The molecule has 1 aliphatic rings. The predicted molar refractivity (Wildman–Crippen MR) is 68.8 cm³/mol. The molecule has 1 rings (SSSR count). The molecule has 0 heteroatoms. The van der Waals surface area contributed by atoms with Gasteiger partial charge in [0, 0.05) is 0 Å². The lowest BCUT2D eigenvalue weighted by molar-refractivity contribution is 0.391. The third-order valence-electron chi connectivity index (χ3n) is 3.31. The molecular formula is C15H24. The zero-order valence-corrected chi connectivity index (χ0v) is 10.4. The molecule has 0 aromatic heterocycles. The predicted octanol–water partition coefficient (Wildman–Crippen LogP) is 4.89. The van der Waals surface area contributed by atoms with E-state index in [4.69, 9.17) is 0 Å². The molecule has 0 bridgehead atoms. The van der Waals surface area contributed by atoms with Crippen molar-refractivity contribution >= 4 is 0 Å². The van der Waals surface area contributed by atoms with E-state index in [1.165, 1.54) is 36.8 Å². The largest absolute Gasteiger partial charge is 0.100 e. The summed E-state index contributed by atoms with van der Waals surface area (Å²) in [5.41, 5.74) is 2.73. The average Bonchev–Trinajstić information content (AvgIpc) is 2.18. The summed E-state index contributed by atoms with van der Waals surface area (Å²) in [6, 6.07) is 0. The molecule has 0 saturated heterocycles. The maximum Gasteiger partial charge on any atom is -0.0170 e. The van der Waals surface area contributed by atoms with Crippen molar-refractivity contribution in [3.8, 4) is 0 Å². The Morgan fingerprint density at radius 1 is 1.60 bits per heavy atom. The fraction of sp³-hybridized carbons (Fsp3) is 0.600. The molecule has 0 spiro atoms. The van der Waals surface area contributed by atoms with Crippen LogP contribution < -0.4 is 0 Å². The van der Waals surface area contributed by atoms with Gasteiger partial charge in [0.25, 0.3) is 0 Å². The van der Waals surface area contributed by atoms with Gasteiger partial charge in [0.2, 0.25) is 0 Å². The molecule has 0 nitrogen and oxygen atoms in total. The van der Waals surface area contributed by atoms with Crippen LogP contribution >= 0.6 is 0 Å². The van der Waals surface area contributed by atoms with Crippen LogP contribution in [0.4, 0.5) is 0 Å². The van der Waals surface area contributed by atoms with Gasteiger partial charge in [-0.05, 0) is 51.4 Å². The Hall–Kier alpha value is -0.780. The molecule has 0 aromatic carbocycles. The van der Waals surface area contributed by atoms with E-state index in [2.05, 4.69) is 45.6 Å². The van der Waals surface area contributed by atoms with Crippen molar-refractivity contribution < 1.29 is 0 Å². The van der Waals surface area contributed by atoms with E-state index >= 15 is 0 Å². The molecule has 0 saturated carbocycles. The monoisotopic (exact) mass is 204 g/mol. The Kier molecular flexibility index (Phi) is 4.87. The molecule has 0 fully saturated rings. The number of hydrogen-bond acceptors (Lipinski definition) is 0. The highest BCUT2D eigenvalue weighted by Crippen LogP contribution is 2.27.